The molecule has 0 amide bonds. The molecule has 2 heterocycles. The maximum Gasteiger partial charge on any atom is 0.187 e. The first-order valence-corrected chi connectivity index (χ1v) is 9.05. The Balaban J connectivity index is 2.13. The van der Waals surface area contributed by atoms with Gasteiger partial charge in [0, 0.05) is 6.61 Å². The summed E-state index contributed by atoms with van der Waals surface area (Å²) in [5.41, 5.74) is 0. The Hall–Kier alpha value is -0.440. The number of hydrogen-bond acceptors (Lipinski definition) is 11. The van der Waals surface area contributed by atoms with E-state index in [2.05, 4.69) is 0 Å². The van der Waals surface area contributed by atoms with Crippen LogP contribution in [0.4, 0.5) is 0 Å². The summed E-state index contributed by atoms with van der Waals surface area (Å²) in [5.74, 6) is 0. The molecule has 0 aromatic carbocycles. The summed E-state index contributed by atoms with van der Waals surface area (Å²) in [5, 5.41) is 69.0. The van der Waals surface area contributed by atoms with Gasteiger partial charge in [-0.2, -0.15) is 0 Å². The van der Waals surface area contributed by atoms with Crippen LogP contribution in [0, 0.1) is 0 Å². The molecule has 0 saturated carbocycles. The molecule has 11 nitrogen and oxygen atoms in total. The Morgan fingerprint density at radius 2 is 1.33 bits per heavy atom. The molecule has 0 spiro atoms. The predicted octanol–water partition coefficient (Wildman–Crippen LogP) is -3.57. The van der Waals surface area contributed by atoms with Crippen LogP contribution in [0.1, 0.15) is 19.8 Å². The highest BCUT2D eigenvalue weighted by Crippen LogP contribution is 2.29. The summed E-state index contributed by atoms with van der Waals surface area (Å²) in [4.78, 5) is 0. The van der Waals surface area contributed by atoms with Crippen LogP contribution in [0.5, 0.6) is 0 Å². The first-order chi connectivity index (χ1) is 12.8. The molecule has 0 aromatic heterocycles. The van der Waals surface area contributed by atoms with Crippen molar-refractivity contribution in [2.24, 2.45) is 0 Å². The normalized spacial score (nSPS) is 45.8. The van der Waals surface area contributed by atoms with Gasteiger partial charge in [-0.05, 0) is 6.42 Å². The van der Waals surface area contributed by atoms with E-state index in [1.165, 1.54) is 0 Å². The van der Waals surface area contributed by atoms with Crippen LogP contribution in [0.2, 0.25) is 0 Å². The minimum atomic E-state index is -1.70. The Bertz CT molecular complexity index is 439. The number of aliphatic hydroxyl groups excluding tert-OH is 7. The van der Waals surface area contributed by atoms with E-state index in [0.29, 0.717) is 6.42 Å². The van der Waals surface area contributed by atoms with Crippen molar-refractivity contribution < 1.29 is 54.7 Å². The fraction of sp³-hybridized carbons (Fsp3) is 1.00. The zero-order valence-corrected chi connectivity index (χ0v) is 15.1. The topological polar surface area (TPSA) is 179 Å². The maximum atomic E-state index is 10.3. The van der Waals surface area contributed by atoms with E-state index in [4.69, 9.17) is 24.1 Å². The third kappa shape index (κ3) is 5.14. The van der Waals surface area contributed by atoms with Gasteiger partial charge in [0.2, 0.25) is 0 Å². The molecule has 27 heavy (non-hydrogen) atoms. The number of rotatable bonds is 8. The fourth-order valence-electron chi connectivity index (χ4n) is 3.08. The quantitative estimate of drug-likeness (QED) is 0.201. The van der Waals surface area contributed by atoms with Crippen molar-refractivity contribution in [1.82, 2.24) is 0 Å². The molecule has 0 bridgehead atoms. The largest absolute Gasteiger partial charge is 0.394 e. The number of ether oxygens (including phenoxy) is 4. The van der Waals surface area contributed by atoms with Gasteiger partial charge in [-0.1, -0.05) is 13.3 Å². The smallest absolute Gasteiger partial charge is 0.187 e. The Labute approximate surface area is 156 Å². The number of hydrogen-bond donors (Lipinski definition) is 7. The first kappa shape index (κ1) is 22.8. The lowest BCUT2D eigenvalue weighted by Crippen LogP contribution is -2.64. The minimum absolute atomic E-state index is 0.236. The molecule has 0 unspecified atom stereocenters. The van der Waals surface area contributed by atoms with Crippen LogP contribution in [0.15, 0.2) is 0 Å². The van der Waals surface area contributed by atoms with Crippen molar-refractivity contribution in [2.45, 2.75) is 81.2 Å². The molecule has 2 saturated heterocycles. The molecule has 2 rings (SSSR count). The van der Waals surface area contributed by atoms with E-state index in [-0.39, 0.29) is 6.61 Å². The Morgan fingerprint density at radius 1 is 0.778 bits per heavy atom. The van der Waals surface area contributed by atoms with Gasteiger partial charge in [0.05, 0.1) is 13.2 Å². The van der Waals surface area contributed by atoms with Crippen LogP contribution < -0.4 is 0 Å². The van der Waals surface area contributed by atoms with Crippen LogP contribution in [0.3, 0.4) is 0 Å². The van der Waals surface area contributed by atoms with E-state index in [0.717, 1.165) is 6.42 Å². The highest BCUT2D eigenvalue weighted by molar-refractivity contribution is 4.93. The number of unbranched alkanes of at least 4 members (excludes halogenated alkanes) is 1. The Morgan fingerprint density at radius 3 is 1.89 bits per heavy atom. The molecule has 10 atom stereocenters. The van der Waals surface area contributed by atoms with Crippen molar-refractivity contribution in [3.8, 4) is 0 Å². The van der Waals surface area contributed by atoms with Crippen LogP contribution in [0.25, 0.3) is 0 Å². The average molecular weight is 398 g/mol. The van der Waals surface area contributed by atoms with E-state index in [1.54, 1.807) is 0 Å². The van der Waals surface area contributed by atoms with Gasteiger partial charge in [0.1, 0.15) is 48.8 Å². The minimum Gasteiger partial charge on any atom is -0.394 e. The third-order valence-electron chi connectivity index (χ3n) is 4.77. The molecule has 2 aliphatic heterocycles. The molecule has 0 aliphatic carbocycles. The van der Waals surface area contributed by atoms with Crippen LogP contribution in [-0.4, -0.2) is 117 Å². The van der Waals surface area contributed by atoms with Gasteiger partial charge in [0.25, 0.3) is 0 Å². The first-order valence-electron chi connectivity index (χ1n) is 9.05. The van der Waals surface area contributed by atoms with E-state index >= 15 is 0 Å². The summed E-state index contributed by atoms with van der Waals surface area (Å²) < 4.78 is 21.5. The third-order valence-corrected chi connectivity index (χ3v) is 4.77. The zero-order chi connectivity index (χ0) is 20.1. The summed E-state index contributed by atoms with van der Waals surface area (Å²) >= 11 is 0. The molecular weight excluding hydrogens is 368 g/mol. The predicted molar refractivity (Wildman–Crippen MR) is 87.3 cm³/mol. The molecule has 0 aromatic rings. The van der Waals surface area contributed by atoms with Gasteiger partial charge >= 0.3 is 0 Å². The monoisotopic (exact) mass is 398 g/mol. The van der Waals surface area contributed by atoms with E-state index in [9.17, 15) is 30.6 Å². The molecule has 0 radical (unpaired) electrons. The SMILES string of the molecule is CCCCO[C@H]1[C@@H](O[C@@H]2[C@@H](O)[C@H](O)[C@@H](CO)O[C@H]2O)O[C@H](CO)[C@@H](O)[C@@H]1O. The second-order valence-electron chi connectivity index (χ2n) is 6.73. The molecular formula is C16H30O11. The lowest BCUT2D eigenvalue weighted by Gasteiger charge is -2.46. The van der Waals surface area contributed by atoms with Crippen molar-refractivity contribution in [3.05, 3.63) is 0 Å². The van der Waals surface area contributed by atoms with Gasteiger partial charge < -0.3 is 54.7 Å². The molecule has 2 aliphatic rings. The second kappa shape index (κ2) is 10.4. The van der Waals surface area contributed by atoms with E-state index < -0.39 is 74.6 Å². The lowest BCUT2D eigenvalue weighted by atomic mass is 9.97. The summed E-state index contributed by atoms with van der Waals surface area (Å²) in [7, 11) is 0. The average Bonchev–Trinajstić information content (AvgIpc) is 2.66. The van der Waals surface area contributed by atoms with Gasteiger partial charge in [-0.25, -0.2) is 0 Å². The van der Waals surface area contributed by atoms with Crippen molar-refractivity contribution in [1.29, 1.82) is 0 Å². The molecule has 7 N–H and O–H groups in total. The summed E-state index contributed by atoms with van der Waals surface area (Å²) in [6.45, 7) is 0.940. The van der Waals surface area contributed by atoms with Crippen molar-refractivity contribution in [2.75, 3.05) is 19.8 Å². The van der Waals surface area contributed by atoms with Crippen LogP contribution >= 0.6 is 0 Å². The van der Waals surface area contributed by atoms with Gasteiger partial charge in [-0.3, -0.25) is 0 Å². The highest BCUT2D eigenvalue weighted by atomic mass is 16.7. The van der Waals surface area contributed by atoms with Crippen molar-refractivity contribution >= 4 is 0 Å². The summed E-state index contributed by atoms with van der Waals surface area (Å²) in [6, 6.07) is 0. The zero-order valence-electron chi connectivity index (χ0n) is 15.1. The second-order valence-corrected chi connectivity index (χ2v) is 6.73. The highest BCUT2D eigenvalue weighted by Gasteiger charge is 2.50. The summed E-state index contributed by atoms with van der Waals surface area (Å²) in [6.07, 6.45) is -12.6. The Kier molecular flexibility index (Phi) is 8.77. The maximum absolute atomic E-state index is 10.3. The van der Waals surface area contributed by atoms with Crippen LogP contribution in [-0.2, 0) is 18.9 Å². The lowest BCUT2D eigenvalue weighted by molar-refractivity contribution is -0.365. The molecule has 2 fully saturated rings. The van der Waals surface area contributed by atoms with Crippen molar-refractivity contribution in [3.63, 3.8) is 0 Å². The van der Waals surface area contributed by atoms with E-state index in [1.807, 2.05) is 6.92 Å². The number of aliphatic hydroxyl groups is 7. The molecule has 160 valence electrons. The molecule has 11 heteroatoms. The standard InChI is InChI=1S/C16H30O11/c1-2-3-4-24-14-12(22)10(20)8(6-18)26-16(14)27-13-11(21)9(19)7(5-17)25-15(13)23/h7-23H,2-6H2,1H3/t7-,8-,9-,10-,11+,12+,13-,14-,15-,16-/m1/s1. The fourth-order valence-corrected chi connectivity index (χ4v) is 3.08. The van der Waals surface area contributed by atoms with Gasteiger partial charge in [0.15, 0.2) is 12.6 Å². The van der Waals surface area contributed by atoms with Gasteiger partial charge in [-0.15, -0.1) is 0 Å².